The summed E-state index contributed by atoms with van der Waals surface area (Å²) in [5, 5.41) is 0.768. The Morgan fingerprint density at radius 1 is 1.13 bits per heavy atom. The number of amides is 1. The summed E-state index contributed by atoms with van der Waals surface area (Å²) < 4.78 is 11.3. The number of nitrogens with zero attached hydrogens (tertiary/aromatic N) is 2. The van der Waals surface area contributed by atoms with E-state index in [1.54, 1.807) is 42.6 Å². The molecule has 1 aliphatic rings. The molecule has 2 aromatic heterocycles. The van der Waals surface area contributed by atoms with E-state index in [1.807, 2.05) is 36.4 Å². The van der Waals surface area contributed by atoms with Gasteiger partial charge in [-0.25, -0.2) is 0 Å². The van der Waals surface area contributed by atoms with Gasteiger partial charge in [0.05, 0.1) is 24.1 Å². The molecule has 31 heavy (non-hydrogen) atoms. The molecular weight excluding hydrogens is 416 g/mol. The van der Waals surface area contributed by atoms with Gasteiger partial charge in [0.1, 0.15) is 11.3 Å². The second kappa shape index (κ2) is 7.56. The van der Waals surface area contributed by atoms with E-state index in [0.717, 1.165) is 11.1 Å². The number of aromatic nitrogens is 1. The first kappa shape index (κ1) is 19.3. The Balaban J connectivity index is 1.75. The lowest BCUT2D eigenvalue weighted by Gasteiger charge is -2.25. The molecule has 0 aliphatic carbocycles. The van der Waals surface area contributed by atoms with E-state index >= 15 is 0 Å². The van der Waals surface area contributed by atoms with Crippen molar-refractivity contribution in [3.05, 3.63) is 105 Å². The van der Waals surface area contributed by atoms with Crippen LogP contribution < -0.4 is 10.2 Å². The van der Waals surface area contributed by atoms with Gasteiger partial charge in [-0.2, -0.15) is 0 Å². The average molecular weight is 433 g/mol. The topological polar surface area (TPSA) is 72.6 Å². The Kier molecular flexibility index (Phi) is 4.71. The van der Waals surface area contributed by atoms with Crippen LogP contribution in [0.3, 0.4) is 0 Å². The molecule has 5 rings (SSSR count). The number of fused-ring (bicyclic) bond motifs is 2. The van der Waals surface area contributed by atoms with Crippen LogP contribution in [0, 0.1) is 0 Å². The van der Waals surface area contributed by atoms with E-state index in [0.29, 0.717) is 27.3 Å². The lowest BCUT2D eigenvalue weighted by Crippen LogP contribution is -2.29. The lowest BCUT2D eigenvalue weighted by molar-refractivity contribution is 0.0714. The first-order valence-corrected chi connectivity index (χ1v) is 10.0. The number of carbonyl (C=O) groups excluding carboxylic acids is 1. The van der Waals surface area contributed by atoms with Crippen LogP contribution in [0.25, 0.3) is 11.0 Å². The molecule has 0 N–H and O–H groups in total. The zero-order chi connectivity index (χ0) is 21.5. The van der Waals surface area contributed by atoms with Gasteiger partial charge in [-0.3, -0.25) is 14.6 Å². The second-order valence-electron chi connectivity index (χ2n) is 7.29. The molecule has 2 aromatic carbocycles. The predicted octanol–water partition coefficient (Wildman–Crippen LogP) is 4.60. The van der Waals surface area contributed by atoms with Gasteiger partial charge in [0.15, 0.2) is 5.43 Å². The zero-order valence-electron chi connectivity index (χ0n) is 16.5. The minimum absolute atomic E-state index is 0.0523. The molecule has 0 bridgehead atoms. The summed E-state index contributed by atoms with van der Waals surface area (Å²) in [6.45, 7) is 0.273. The molecule has 0 fully saturated rings. The van der Waals surface area contributed by atoms with Gasteiger partial charge < -0.3 is 14.1 Å². The highest BCUT2D eigenvalue weighted by Crippen LogP contribution is 2.40. The number of hydrogen-bond acceptors (Lipinski definition) is 5. The second-order valence-corrected chi connectivity index (χ2v) is 7.72. The largest absolute Gasteiger partial charge is 0.497 e. The SMILES string of the molecule is COc1cccc([C@H]2c3c(oc4ccc(Cl)cc4c3=O)C(=O)N2Cc2cccnc2)c1. The molecule has 0 saturated carbocycles. The van der Waals surface area contributed by atoms with Gasteiger partial charge in [0, 0.05) is 24.0 Å². The van der Waals surface area contributed by atoms with Crippen LogP contribution in [0.5, 0.6) is 5.75 Å². The molecule has 0 unspecified atom stereocenters. The quantitative estimate of drug-likeness (QED) is 0.471. The first-order chi connectivity index (χ1) is 15.1. The fourth-order valence-corrected chi connectivity index (χ4v) is 4.17. The molecule has 0 spiro atoms. The van der Waals surface area contributed by atoms with Crippen molar-refractivity contribution in [3.63, 3.8) is 0 Å². The van der Waals surface area contributed by atoms with E-state index in [4.69, 9.17) is 20.8 Å². The number of pyridine rings is 1. The minimum Gasteiger partial charge on any atom is -0.497 e. The van der Waals surface area contributed by atoms with Crippen molar-refractivity contribution >= 4 is 28.5 Å². The summed E-state index contributed by atoms with van der Waals surface area (Å²) in [5.41, 5.74) is 1.96. The Labute approximate surface area is 182 Å². The van der Waals surface area contributed by atoms with Gasteiger partial charge in [-0.15, -0.1) is 0 Å². The summed E-state index contributed by atoms with van der Waals surface area (Å²) in [5.74, 6) is 0.338. The fourth-order valence-electron chi connectivity index (χ4n) is 4.00. The predicted molar refractivity (Wildman–Crippen MR) is 116 cm³/mol. The number of hydrogen-bond donors (Lipinski definition) is 0. The third-order valence-electron chi connectivity index (χ3n) is 5.41. The van der Waals surface area contributed by atoms with E-state index < -0.39 is 6.04 Å². The molecule has 0 radical (unpaired) electrons. The average Bonchev–Trinajstić information content (AvgIpc) is 3.07. The van der Waals surface area contributed by atoms with Crippen molar-refractivity contribution in [1.82, 2.24) is 9.88 Å². The highest BCUT2D eigenvalue weighted by atomic mass is 35.5. The Bertz CT molecular complexity index is 1370. The molecule has 1 aliphatic heterocycles. The van der Waals surface area contributed by atoms with Crippen LogP contribution in [-0.2, 0) is 6.54 Å². The summed E-state index contributed by atoms with van der Waals surface area (Å²) >= 11 is 6.12. The Morgan fingerprint density at radius 2 is 2.00 bits per heavy atom. The van der Waals surface area contributed by atoms with Crippen LogP contribution in [0.15, 0.2) is 76.2 Å². The first-order valence-electron chi connectivity index (χ1n) is 9.67. The van der Waals surface area contributed by atoms with Crippen LogP contribution in [0.2, 0.25) is 5.02 Å². The van der Waals surface area contributed by atoms with Gasteiger partial charge in [-0.05, 0) is 47.5 Å². The highest BCUT2D eigenvalue weighted by Gasteiger charge is 2.42. The minimum atomic E-state index is -0.627. The summed E-state index contributed by atoms with van der Waals surface area (Å²) in [6, 6.07) is 15.2. The number of methoxy groups -OCH3 is 1. The summed E-state index contributed by atoms with van der Waals surface area (Å²) in [4.78, 5) is 32.7. The smallest absolute Gasteiger partial charge is 0.291 e. The van der Waals surface area contributed by atoms with Gasteiger partial charge in [0.2, 0.25) is 5.76 Å². The summed E-state index contributed by atoms with van der Waals surface area (Å²) in [7, 11) is 1.57. The maximum absolute atomic E-state index is 13.5. The molecule has 1 atom stereocenters. The van der Waals surface area contributed by atoms with E-state index in [-0.39, 0.29) is 23.6 Å². The Morgan fingerprint density at radius 3 is 2.77 bits per heavy atom. The van der Waals surface area contributed by atoms with Gasteiger partial charge >= 0.3 is 0 Å². The molecular formula is C24H17ClN2O4. The van der Waals surface area contributed by atoms with E-state index in [1.165, 1.54) is 0 Å². The number of benzene rings is 2. The van der Waals surface area contributed by atoms with Crippen LogP contribution >= 0.6 is 11.6 Å². The van der Waals surface area contributed by atoms with Crippen molar-refractivity contribution in [1.29, 1.82) is 0 Å². The Hall–Kier alpha value is -3.64. The third kappa shape index (κ3) is 3.25. The van der Waals surface area contributed by atoms with Crippen molar-refractivity contribution in [2.75, 3.05) is 7.11 Å². The summed E-state index contributed by atoms with van der Waals surface area (Å²) in [6.07, 6.45) is 3.37. The number of halogens is 1. The fraction of sp³-hybridized carbons (Fsp3) is 0.125. The van der Waals surface area contributed by atoms with Crippen molar-refractivity contribution in [2.45, 2.75) is 12.6 Å². The molecule has 154 valence electrons. The van der Waals surface area contributed by atoms with Crippen molar-refractivity contribution in [2.24, 2.45) is 0 Å². The standard InChI is InChI=1S/C24H17ClN2O4/c1-30-17-6-2-5-15(10-17)21-20-22(28)18-11-16(25)7-8-19(18)31-23(20)24(29)27(21)13-14-4-3-9-26-12-14/h2-12,21H,13H2,1H3/t21-/m0/s1. The third-order valence-corrected chi connectivity index (χ3v) is 5.65. The zero-order valence-corrected chi connectivity index (χ0v) is 17.3. The van der Waals surface area contributed by atoms with Crippen LogP contribution in [0.4, 0.5) is 0 Å². The highest BCUT2D eigenvalue weighted by molar-refractivity contribution is 6.31. The van der Waals surface area contributed by atoms with E-state index in [2.05, 4.69) is 4.98 Å². The molecule has 7 heteroatoms. The molecule has 4 aromatic rings. The van der Waals surface area contributed by atoms with E-state index in [9.17, 15) is 9.59 Å². The van der Waals surface area contributed by atoms with Gasteiger partial charge in [0.25, 0.3) is 5.91 Å². The number of rotatable bonds is 4. The number of ether oxygens (including phenoxy) is 1. The molecule has 0 saturated heterocycles. The molecule has 3 heterocycles. The maximum atomic E-state index is 13.5. The lowest BCUT2D eigenvalue weighted by atomic mass is 9.98. The van der Waals surface area contributed by atoms with Crippen LogP contribution in [0.1, 0.15) is 33.3 Å². The van der Waals surface area contributed by atoms with Gasteiger partial charge in [-0.1, -0.05) is 29.8 Å². The molecule has 1 amide bonds. The maximum Gasteiger partial charge on any atom is 0.291 e. The van der Waals surface area contributed by atoms with Crippen molar-refractivity contribution < 1.29 is 13.9 Å². The van der Waals surface area contributed by atoms with Crippen LogP contribution in [-0.4, -0.2) is 22.9 Å². The van der Waals surface area contributed by atoms with Crippen molar-refractivity contribution in [3.8, 4) is 5.75 Å². The number of carbonyl (C=O) groups is 1. The normalized spacial score (nSPS) is 15.4. The molecule has 6 nitrogen and oxygen atoms in total. The monoisotopic (exact) mass is 432 g/mol.